The highest BCUT2D eigenvalue weighted by Gasteiger charge is 2.44. The van der Waals surface area contributed by atoms with Crippen LogP contribution in [-0.4, -0.2) is 67.0 Å². The van der Waals surface area contributed by atoms with Crippen molar-refractivity contribution in [1.82, 2.24) is 4.31 Å². The van der Waals surface area contributed by atoms with Crippen molar-refractivity contribution < 1.29 is 37.5 Å². The van der Waals surface area contributed by atoms with Gasteiger partial charge in [-0.1, -0.05) is 30.3 Å². The number of fused-ring (bicyclic) bond motifs is 1. The summed E-state index contributed by atoms with van der Waals surface area (Å²) in [6, 6.07) is 14.0. The van der Waals surface area contributed by atoms with Crippen LogP contribution in [0.5, 0.6) is 5.75 Å². The van der Waals surface area contributed by atoms with Crippen LogP contribution in [0.15, 0.2) is 65.6 Å². The smallest absolute Gasteiger partial charge is 0.325 e. The Morgan fingerprint density at radius 2 is 1.86 bits per heavy atom. The van der Waals surface area contributed by atoms with E-state index in [1.807, 2.05) is 12.1 Å². The van der Waals surface area contributed by atoms with Gasteiger partial charge in [-0.05, 0) is 29.0 Å². The summed E-state index contributed by atoms with van der Waals surface area (Å²) >= 11 is 0. The minimum absolute atomic E-state index is 0.00505. The van der Waals surface area contributed by atoms with Gasteiger partial charge >= 0.3 is 5.97 Å². The average molecular weight is 530 g/mol. The van der Waals surface area contributed by atoms with E-state index in [4.69, 9.17) is 9.47 Å². The fourth-order valence-corrected chi connectivity index (χ4v) is 5.72. The molecule has 1 fully saturated rings. The molecule has 12 nitrogen and oxygen atoms in total. The largest absolute Gasteiger partial charge is 0.495 e. The molecule has 2 atom stereocenters. The molecular formula is C24H23N3O9S. The minimum atomic E-state index is -4.17. The third-order valence-corrected chi connectivity index (χ3v) is 7.72. The number of hydrogen-bond donors (Lipinski definition) is 2. The number of hydrogen-bond acceptors (Lipinski definition) is 9. The van der Waals surface area contributed by atoms with Gasteiger partial charge in [0.25, 0.3) is 11.6 Å². The summed E-state index contributed by atoms with van der Waals surface area (Å²) in [7, 11) is -2.86. The Morgan fingerprint density at radius 1 is 1.14 bits per heavy atom. The number of esters is 1. The molecule has 0 saturated carbocycles. The van der Waals surface area contributed by atoms with Gasteiger partial charge in [-0.25, -0.2) is 8.42 Å². The molecule has 0 bridgehead atoms. The molecule has 13 heteroatoms. The lowest BCUT2D eigenvalue weighted by molar-refractivity contribution is -0.384. The number of sulfonamides is 1. The first kappa shape index (κ1) is 26.0. The second kappa shape index (κ2) is 10.5. The van der Waals surface area contributed by atoms with Crippen molar-refractivity contribution in [2.45, 2.75) is 23.5 Å². The fraction of sp³-hybridized carbons (Fsp3) is 0.250. The number of benzene rings is 3. The molecule has 0 unspecified atom stereocenters. The lowest BCUT2D eigenvalue weighted by Gasteiger charge is -2.22. The normalized spacial score (nSPS) is 17.9. The van der Waals surface area contributed by atoms with E-state index in [9.17, 15) is 33.2 Å². The number of methoxy groups -OCH3 is 1. The number of aliphatic hydroxyl groups is 1. The van der Waals surface area contributed by atoms with E-state index in [2.05, 4.69) is 5.32 Å². The third kappa shape index (κ3) is 5.53. The van der Waals surface area contributed by atoms with Crippen molar-refractivity contribution in [3.63, 3.8) is 0 Å². The maximum absolute atomic E-state index is 13.3. The van der Waals surface area contributed by atoms with Crippen LogP contribution in [0, 0.1) is 10.1 Å². The van der Waals surface area contributed by atoms with E-state index >= 15 is 0 Å². The van der Waals surface area contributed by atoms with Crippen molar-refractivity contribution in [2.24, 2.45) is 0 Å². The highest BCUT2D eigenvalue weighted by atomic mass is 32.2. The van der Waals surface area contributed by atoms with Gasteiger partial charge in [0.15, 0.2) is 6.61 Å². The molecule has 1 amide bonds. The number of nitrogens with zero attached hydrogens (tertiary/aromatic N) is 2. The molecular weight excluding hydrogens is 506 g/mol. The Labute approximate surface area is 211 Å². The molecule has 37 heavy (non-hydrogen) atoms. The van der Waals surface area contributed by atoms with E-state index in [1.165, 1.54) is 31.4 Å². The Hall–Kier alpha value is -4.07. The van der Waals surface area contributed by atoms with Gasteiger partial charge in [-0.3, -0.25) is 19.7 Å². The van der Waals surface area contributed by atoms with Gasteiger partial charge < -0.3 is 19.9 Å². The first-order valence-corrected chi connectivity index (χ1v) is 12.5. The predicted molar refractivity (Wildman–Crippen MR) is 131 cm³/mol. The molecule has 4 rings (SSSR count). The lowest BCUT2D eigenvalue weighted by Crippen LogP contribution is -2.42. The zero-order valence-electron chi connectivity index (χ0n) is 19.6. The topological polar surface area (TPSA) is 165 Å². The lowest BCUT2D eigenvalue weighted by atomic mass is 10.1. The molecule has 3 aromatic carbocycles. The van der Waals surface area contributed by atoms with Gasteiger partial charge in [0.1, 0.15) is 11.8 Å². The molecule has 1 aliphatic heterocycles. The first-order valence-electron chi connectivity index (χ1n) is 11.1. The molecule has 3 aromatic rings. The molecule has 194 valence electrons. The summed E-state index contributed by atoms with van der Waals surface area (Å²) in [4.78, 5) is 35.5. The quantitative estimate of drug-likeness (QED) is 0.252. The summed E-state index contributed by atoms with van der Waals surface area (Å²) in [5.41, 5.74) is -0.294. The molecule has 0 radical (unpaired) electrons. The number of ether oxygens (including phenoxy) is 2. The van der Waals surface area contributed by atoms with E-state index in [0.717, 1.165) is 15.8 Å². The molecule has 0 spiro atoms. The third-order valence-electron chi connectivity index (χ3n) is 5.85. The second-order valence-electron chi connectivity index (χ2n) is 8.29. The summed E-state index contributed by atoms with van der Waals surface area (Å²) < 4.78 is 37.7. The number of anilines is 1. The number of nitro benzene ring substituents is 1. The summed E-state index contributed by atoms with van der Waals surface area (Å²) in [6.07, 6.45) is -1.30. The first-order chi connectivity index (χ1) is 17.6. The van der Waals surface area contributed by atoms with Gasteiger partial charge in [0.05, 0.1) is 28.7 Å². The number of nitrogens with one attached hydrogen (secondary N) is 1. The zero-order valence-corrected chi connectivity index (χ0v) is 20.4. The number of aliphatic hydroxyl groups excluding tert-OH is 1. The van der Waals surface area contributed by atoms with Crippen molar-refractivity contribution >= 4 is 44.0 Å². The Kier molecular flexibility index (Phi) is 7.38. The SMILES string of the molecule is COc1ccc([N+](=O)[O-])cc1NC(=O)COC(=O)[C@H]1C[C@@H](O)CN1S(=O)(=O)c1ccc2ccccc2c1. The van der Waals surface area contributed by atoms with Crippen LogP contribution >= 0.6 is 0 Å². The number of carbonyl (C=O) groups excluding carboxylic acids is 2. The van der Waals surface area contributed by atoms with Gasteiger partial charge in [-0.2, -0.15) is 4.31 Å². The highest BCUT2D eigenvalue weighted by Crippen LogP contribution is 2.30. The Morgan fingerprint density at radius 3 is 2.57 bits per heavy atom. The second-order valence-corrected chi connectivity index (χ2v) is 10.2. The number of β-amino-alcohol motifs (C(OH)–C–C–N with tert-alkyl or cyclic N) is 1. The van der Waals surface area contributed by atoms with E-state index in [1.54, 1.807) is 18.2 Å². The molecule has 1 aliphatic rings. The zero-order chi connectivity index (χ0) is 26.7. The van der Waals surface area contributed by atoms with Crippen LogP contribution in [0.3, 0.4) is 0 Å². The van der Waals surface area contributed by atoms with Crippen LogP contribution in [0.2, 0.25) is 0 Å². The standard InChI is InChI=1S/C24H23N3O9S/c1-35-22-9-7-17(27(31)32)11-20(22)25-23(29)14-36-24(30)21-12-18(28)13-26(21)37(33,34)19-8-6-15-4-2-3-5-16(15)10-19/h2-11,18,21,28H,12-14H2,1H3,(H,25,29)/t18-,21-/m1/s1. The van der Waals surface area contributed by atoms with Crippen molar-refractivity contribution in [2.75, 3.05) is 25.6 Å². The Bertz CT molecular complexity index is 1480. The van der Waals surface area contributed by atoms with E-state index in [-0.39, 0.29) is 35.0 Å². The average Bonchev–Trinajstić information content (AvgIpc) is 3.29. The summed E-state index contributed by atoms with van der Waals surface area (Å²) in [5, 5.41) is 25.1. The van der Waals surface area contributed by atoms with Crippen LogP contribution < -0.4 is 10.1 Å². The number of nitro groups is 1. The Balaban J connectivity index is 1.46. The molecule has 1 heterocycles. The van der Waals surface area contributed by atoms with E-state index < -0.39 is 45.6 Å². The fourth-order valence-electron chi connectivity index (χ4n) is 4.05. The highest BCUT2D eigenvalue weighted by molar-refractivity contribution is 7.89. The maximum atomic E-state index is 13.3. The van der Waals surface area contributed by atoms with Crippen LogP contribution in [0.1, 0.15) is 6.42 Å². The summed E-state index contributed by atoms with van der Waals surface area (Å²) in [5.74, 6) is -1.69. The number of non-ortho nitro benzene ring substituents is 1. The molecule has 0 aromatic heterocycles. The van der Waals surface area contributed by atoms with Crippen LogP contribution in [0.4, 0.5) is 11.4 Å². The minimum Gasteiger partial charge on any atom is -0.495 e. The maximum Gasteiger partial charge on any atom is 0.325 e. The number of rotatable bonds is 8. The monoisotopic (exact) mass is 529 g/mol. The van der Waals surface area contributed by atoms with Gasteiger partial charge in [0, 0.05) is 25.1 Å². The van der Waals surface area contributed by atoms with Crippen LogP contribution in [-0.2, 0) is 24.3 Å². The predicted octanol–water partition coefficient (Wildman–Crippen LogP) is 2.06. The van der Waals surface area contributed by atoms with Crippen molar-refractivity contribution in [3.8, 4) is 5.75 Å². The van der Waals surface area contributed by atoms with E-state index in [0.29, 0.717) is 5.39 Å². The van der Waals surface area contributed by atoms with Crippen LogP contribution in [0.25, 0.3) is 10.8 Å². The van der Waals surface area contributed by atoms with Gasteiger partial charge in [0.2, 0.25) is 10.0 Å². The van der Waals surface area contributed by atoms with Crippen molar-refractivity contribution in [1.29, 1.82) is 0 Å². The van der Waals surface area contributed by atoms with Crippen molar-refractivity contribution in [3.05, 3.63) is 70.8 Å². The van der Waals surface area contributed by atoms with Gasteiger partial charge in [-0.15, -0.1) is 0 Å². The summed E-state index contributed by atoms with van der Waals surface area (Å²) in [6.45, 7) is -1.10. The molecule has 2 N–H and O–H groups in total. The number of amides is 1. The molecule has 0 aliphatic carbocycles. The molecule has 1 saturated heterocycles. The number of carbonyl (C=O) groups is 2.